The molecule has 1 unspecified atom stereocenters. The van der Waals surface area contributed by atoms with Crippen LogP contribution in [0.5, 0.6) is 0 Å². The van der Waals surface area contributed by atoms with Gasteiger partial charge in [0.05, 0.1) is 26.0 Å². The molecule has 5 nitrogen and oxygen atoms in total. The molecule has 27 heavy (non-hydrogen) atoms. The van der Waals surface area contributed by atoms with Crippen molar-refractivity contribution in [3.05, 3.63) is 57.5 Å². The van der Waals surface area contributed by atoms with Gasteiger partial charge in [-0.3, -0.25) is 4.79 Å². The van der Waals surface area contributed by atoms with Gasteiger partial charge in [0.1, 0.15) is 0 Å². The van der Waals surface area contributed by atoms with Crippen LogP contribution in [0.1, 0.15) is 6.92 Å². The molecule has 140 valence electrons. The number of carbonyl (C=O) groups excluding carboxylic acids is 1. The molecule has 0 saturated carbocycles. The van der Waals surface area contributed by atoms with Gasteiger partial charge in [0.2, 0.25) is 5.91 Å². The Kier molecular flexibility index (Phi) is 6.32. The highest BCUT2D eigenvalue weighted by Gasteiger charge is 2.20. The first kappa shape index (κ1) is 20.0. The predicted octanol–water partition coefficient (Wildman–Crippen LogP) is 5.56. The Labute approximate surface area is 176 Å². The topological polar surface area (TPSA) is 59.8 Å². The number of benzene rings is 2. The van der Waals surface area contributed by atoms with Gasteiger partial charge in [-0.15, -0.1) is 10.2 Å². The zero-order valence-corrected chi connectivity index (χ0v) is 17.5. The number of hydrogen-bond donors (Lipinski definition) is 1. The third-order valence-corrected chi connectivity index (χ3v) is 5.95. The summed E-state index contributed by atoms with van der Waals surface area (Å²) < 4.78 is 1.86. The quantitative estimate of drug-likeness (QED) is 0.416. The van der Waals surface area contributed by atoms with Crippen LogP contribution in [0.4, 0.5) is 5.69 Å². The third kappa shape index (κ3) is 4.58. The fourth-order valence-electron chi connectivity index (χ4n) is 2.32. The Morgan fingerprint density at radius 3 is 2.44 bits per heavy atom. The molecule has 0 aliphatic rings. The van der Waals surface area contributed by atoms with E-state index in [-0.39, 0.29) is 5.91 Å². The van der Waals surface area contributed by atoms with E-state index < -0.39 is 5.25 Å². The van der Waals surface area contributed by atoms with E-state index in [1.807, 2.05) is 41.9 Å². The lowest BCUT2D eigenvalue weighted by atomic mass is 10.2. The van der Waals surface area contributed by atoms with E-state index >= 15 is 0 Å². The van der Waals surface area contributed by atoms with Crippen molar-refractivity contribution in [1.29, 1.82) is 0 Å². The first-order valence-corrected chi connectivity index (χ1v) is 9.95. The van der Waals surface area contributed by atoms with Crippen LogP contribution in [0.3, 0.4) is 0 Å². The lowest BCUT2D eigenvalue weighted by Crippen LogP contribution is -2.23. The molecule has 3 aromatic rings. The summed E-state index contributed by atoms with van der Waals surface area (Å²) in [6.07, 6.45) is 0. The SMILES string of the molecule is CC(Sc1nnc(-c2ccccc2)n1C)C(=O)Nc1cc(Cl)c(Cl)cc1Cl. The van der Waals surface area contributed by atoms with Crippen molar-refractivity contribution in [3.8, 4) is 11.4 Å². The van der Waals surface area contributed by atoms with Gasteiger partial charge in [0, 0.05) is 12.6 Å². The molecule has 0 bridgehead atoms. The largest absolute Gasteiger partial charge is 0.324 e. The summed E-state index contributed by atoms with van der Waals surface area (Å²) in [5, 5.41) is 12.4. The van der Waals surface area contributed by atoms with Gasteiger partial charge in [0.25, 0.3) is 0 Å². The molecule has 3 rings (SSSR count). The monoisotopic (exact) mass is 440 g/mol. The molecule has 0 saturated heterocycles. The van der Waals surface area contributed by atoms with E-state index in [1.165, 1.54) is 23.9 Å². The van der Waals surface area contributed by atoms with E-state index in [4.69, 9.17) is 34.8 Å². The third-order valence-electron chi connectivity index (χ3n) is 3.79. The van der Waals surface area contributed by atoms with Gasteiger partial charge in [-0.25, -0.2) is 0 Å². The van der Waals surface area contributed by atoms with Crippen molar-refractivity contribution in [2.75, 3.05) is 5.32 Å². The Morgan fingerprint density at radius 1 is 1.07 bits per heavy atom. The summed E-state index contributed by atoms with van der Waals surface area (Å²) in [4.78, 5) is 12.5. The zero-order chi connectivity index (χ0) is 19.6. The van der Waals surface area contributed by atoms with Crippen molar-refractivity contribution in [1.82, 2.24) is 14.8 Å². The number of amides is 1. The maximum absolute atomic E-state index is 12.5. The molecule has 0 aliphatic carbocycles. The molecule has 1 aromatic heterocycles. The highest BCUT2D eigenvalue weighted by molar-refractivity contribution is 8.00. The van der Waals surface area contributed by atoms with E-state index in [0.29, 0.717) is 25.9 Å². The molecule has 0 radical (unpaired) electrons. The molecule has 1 N–H and O–H groups in total. The van der Waals surface area contributed by atoms with Crippen LogP contribution in [-0.4, -0.2) is 25.9 Å². The Morgan fingerprint density at radius 2 is 1.74 bits per heavy atom. The van der Waals surface area contributed by atoms with E-state index in [9.17, 15) is 4.79 Å². The van der Waals surface area contributed by atoms with Crippen molar-refractivity contribution in [3.63, 3.8) is 0 Å². The van der Waals surface area contributed by atoms with Crippen LogP contribution in [0.15, 0.2) is 47.6 Å². The van der Waals surface area contributed by atoms with Crippen molar-refractivity contribution in [2.24, 2.45) is 7.05 Å². The summed E-state index contributed by atoms with van der Waals surface area (Å²) >= 11 is 19.3. The molecule has 1 amide bonds. The van der Waals surface area contributed by atoms with E-state index in [0.717, 1.165) is 11.4 Å². The van der Waals surface area contributed by atoms with Gasteiger partial charge < -0.3 is 9.88 Å². The minimum atomic E-state index is -0.429. The first-order chi connectivity index (χ1) is 12.9. The highest BCUT2D eigenvalue weighted by atomic mass is 35.5. The van der Waals surface area contributed by atoms with Crippen molar-refractivity contribution < 1.29 is 4.79 Å². The maximum atomic E-state index is 12.5. The molecular weight excluding hydrogens is 427 g/mol. The average molecular weight is 442 g/mol. The molecule has 0 spiro atoms. The normalized spacial score (nSPS) is 12.0. The average Bonchev–Trinajstić information content (AvgIpc) is 3.00. The van der Waals surface area contributed by atoms with Crippen LogP contribution in [0.2, 0.25) is 15.1 Å². The molecular formula is C18H15Cl3N4OS. The van der Waals surface area contributed by atoms with Gasteiger partial charge in [-0.1, -0.05) is 76.9 Å². The van der Waals surface area contributed by atoms with Gasteiger partial charge in [-0.05, 0) is 19.1 Å². The second-order valence-electron chi connectivity index (χ2n) is 5.73. The Balaban J connectivity index is 1.72. The molecule has 9 heteroatoms. The first-order valence-electron chi connectivity index (χ1n) is 7.93. The zero-order valence-electron chi connectivity index (χ0n) is 14.4. The number of aromatic nitrogens is 3. The van der Waals surface area contributed by atoms with Gasteiger partial charge in [-0.2, -0.15) is 0 Å². The van der Waals surface area contributed by atoms with Crippen LogP contribution in [0, 0.1) is 0 Å². The summed E-state index contributed by atoms with van der Waals surface area (Å²) in [7, 11) is 1.87. The Hall–Kier alpha value is -1.73. The van der Waals surface area contributed by atoms with Crippen LogP contribution < -0.4 is 5.32 Å². The number of rotatable bonds is 5. The fraction of sp³-hybridized carbons (Fsp3) is 0.167. The van der Waals surface area contributed by atoms with Gasteiger partial charge in [0.15, 0.2) is 11.0 Å². The lowest BCUT2D eigenvalue weighted by Gasteiger charge is -2.13. The summed E-state index contributed by atoms with van der Waals surface area (Å²) in [5.41, 5.74) is 1.37. The molecule has 1 heterocycles. The second kappa shape index (κ2) is 8.52. The van der Waals surface area contributed by atoms with Crippen LogP contribution in [0.25, 0.3) is 11.4 Å². The standard InChI is InChI=1S/C18H15Cl3N4OS/c1-10(17(26)22-15-9-13(20)12(19)8-14(15)21)27-18-24-23-16(25(18)2)11-6-4-3-5-7-11/h3-10H,1-2H3,(H,22,26). The highest BCUT2D eigenvalue weighted by Crippen LogP contribution is 2.33. The number of anilines is 1. The summed E-state index contributed by atoms with van der Waals surface area (Å²) in [5.74, 6) is 0.503. The van der Waals surface area contributed by atoms with Gasteiger partial charge >= 0.3 is 0 Å². The van der Waals surface area contributed by atoms with Crippen LogP contribution >= 0.6 is 46.6 Å². The summed E-state index contributed by atoms with van der Waals surface area (Å²) in [6.45, 7) is 1.78. The fourth-order valence-corrected chi connectivity index (χ4v) is 3.73. The Bertz CT molecular complexity index is 978. The minimum absolute atomic E-state index is 0.232. The van der Waals surface area contributed by atoms with E-state index in [2.05, 4.69) is 15.5 Å². The van der Waals surface area contributed by atoms with Crippen LogP contribution in [-0.2, 0) is 11.8 Å². The number of nitrogens with zero attached hydrogens (tertiary/aromatic N) is 3. The van der Waals surface area contributed by atoms with E-state index in [1.54, 1.807) is 6.92 Å². The molecule has 2 aromatic carbocycles. The second-order valence-corrected chi connectivity index (χ2v) is 8.26. The number of thioether (sulfide) groups is 1. The smallest absolute Gasteiger partial charge is 0.237 e. The number of halogens is 3. The number of carbonyl (C=O) groups is 1. The maximum Gasteiger partial charge on any atom is 0.237 e. The predicted molar refractivity (Wildman–Crippen MR) is 112 cm³/mol. The molecule has 0 aliphatic heterocycles. The van der Waals surface area contributed by atoms with Crippen molar-refractivity contribution in [2.45, 2.75) is 17.3 Å². The van der Waals surface area contributed by atoms with Crippen molar-refractivity contribution >= 4 is 58.2 Å². The number of nitrogens with one attached hydrogen (secondary N) is 1. The molecule has 1 atom stereocenters. The minimum Gasteiger partial charge on any atom is -0.324 e. The lowest BCUT2D eigenvalue weighted by molar-refractivity contribution is -0.115. The number of hydrogen-bond acceptors (Lipinski definition) is 4. The molecule has 0 fully saturated rings. The summed E-state index contributed by atoms with van der Waals surface area (Å²) in [6, 6.07) is 12.8.